The minimum absolute atomic E-state index is 0.0267. The van der Waals surface area contributed by atoms with Crippen LogP contribution < -0.4 is 5.43 Å². The lowest BCUT2D eigenvalue weighted by Crippen LogP contribution is -2.46. The molecule has 0 unspecified atom stereocenters. The number of fused-ring (bicyclic) bond motifs is 3. The highest BCUT2D eigenvalue weighted by Gasteiger charge is 2.31. The molecule has 0 atom stereocenters. The molecule has 0 radical (unpaired) electrons. The number of carbonyl (C=O) groups excluding carboxylic acids is 1. The summed E-state index contributed by atoms with van der Waals surface area (Å²) in [5, 5.41) is 9.67. The van der Waals surface area contributed by atoms with Crippen molar-refractivity contribution in [3.8, 4) is 0 Å². The molecule has 0 saturated carbocycles. The molecule has 4 aromatic rings. The highest BCUT2D eigenvalue weighted by molar-refractivity contribution is 7.18. The molecule has 4 aromatic heterocycles. The molecule has 8 nitrogen and oxygen atoms in total. The van der Waals surface area contributed by atoms with Gasteiger partial charge in [-0.1, -0.05) is 0 Å². The van der Waals surface area contributed by atoms with Gasteiger partial charge in [-0.25, -0.2) is 14.8 Å². The number of H-pyrrole nitrogens is 1. The summed E-state index contributed by atoms with van der Waals surface area (Å²) in [7, 11) is 1.91. The topological polar surface area (TPSA) is 91.7 Å². The van der Waals surface area contributed by atoms with Crippen LogP contribution in [0.15, 0.2) is 24.5 Å². The Kier molecular flexibility index (Phi) is 3.62. The van der Waals surface area contributed by atoms with E-state index in [1.807, 2.05) is 29.9 Å². The van der Waals surface area contributed by atoms with Gasteiger partial charge in [0.1, 0.15) is 10.7 Å². The Bertz CT molecular complexity index is 1080. The van der Waals surface area contributed by atoms with Crippen molar-refractivity contribution in [2.75, 3.05) is 0 Å². The zero-order valence-corrected chi connectivity index (χ0v) is 15.5. The number of nitrogens with zero attached hydrogens (tertiary/aromatic N) is 5. The van der Waals surface area contributed by atoms with Crippen molar-refractivity contribution in [3.05, 3.63) is 51.4 Å². The summed E-state index contributed by atoms with van der Waals surface area (Å²) >= 11 is 3.04. The summed E-state index contributed by atoms with van der Waals surface area (Å²) in [6, 6.07) is 3.88. The van der Waals surface area contributed by atoms with E-state index in [4.69, 9.17) is 4.98 Å². The first kappa shape index (κ1) is 15.7. The predicted molar refractivity (Wildman–Crippen MR) is 98.8 cm³/mol. The van der Waals surface area contributed by atoms with Crippen LogP contribution >= 0.6 is 22.9 Å². The van der Waals surface area contributed by atoms with Crippen molar-refractivity contribution >= 4 is 39.1 Å². The van der Waals surface area contributed by atoms with E-state index in [0.29, 0.717) is 25.2 Å². The minimum Gasteiger partial charge on any atom is -0.323 e. The van der Waals surface area contributed by atoms with Crippen LogP contribution in [0, 0.1) is 0 Å². The molecule has 26 heavy (non-hydrogen) atoms. The summed E-state index contributed by atoms with van der Waals surface area (Å²) in [4.78, 5) is 18.8. The maximum Gasteiger partial charge on any atom is 0.285 e. The lowest BCUT2D eigenvalue weighted by atomic mass is 10.2. The van der Waals surface area contributed by atoms with Gasteiger partial charge < -0.3 is 4.57 Å². The van der Waals surface area contributed by atoms with Gasteiger partial charge in [-0.05, 0) is 23.7 Å². The van der Waals surface area contributed by atoms with Gasteiger partial charge in [-0.3, -0.25) is 14.9 Å². The zero-order valence-electron chi connectivity index (χ0n) is 13.9. The Balaban J connectivity index is 1.48. The van der Waals surface area contributed by atoms with Gasteiger partial charge in [-0.2, -0.15) is 5.10 Å². The predicted octanol–water partition coefficient (Wildman–Crippen LogP) is 2.07. The van der Waals surface area contributed by atoms with E-state index in [1.54, 1.807) is 22.5 Å². The molecule has 0 fully saturated rings. The molecule has 10 heteroatoms. The summed E-state index contributed by atoms with van der Waals surface area (Å²) in [5.41, 5.74) is 6.80. The Morgan fingerprint density at radius 2 is 2.27 bits per heavy atom. The second-order valence-corrected chi connectivity index (χ2v) is 8.10. The number of aromatic nitrogens is 5. The second kappa shape index (κ2) is 6.01. The van der Waals surface area contributed by atoms with Crippen LogP contribution in [0.25, 0.3) is 10.3 Å². The van der Waals surface area contributed by atoms with Gasteiger partial charge >= 0.3 is 0 Å². The maximum absolute atomic E-state index is 13.0. The third-order valence-electron chi connectivity index (χ3n) is 4.46. The normalized spacial score (nSPS) is 14.3. The van der Waals surface area contributed by atoms with Gasteiger partial charge in [0, 0.05) is 42.8 Å². The number of hydrogen-bond donors (Lipinski definition) is 2. The molecule has 2 N–H and O–H groups in total. The van der Waals surface area contributed by atoms with E-state index in [0.717, 1.165) is 31.5 Å². The van der Waals surface area contributed by atoms with Crippen LogP contribution in [-0.2, 0) is 26.6 Å². The fourth-order valence-corrected chi connectivity index (χ4v) is 4.95. The van der Waals surface area contributed by atoms with Crippen molar-refractivity contribution < 1.29 is 4.79 Å². The Labute approximate surface area is 156 Å². The van der Waals surface area contributed by atoms with E-state index in [-0.39, 0.29) is 5.91 Å². The van der Waals surface area contributed by atoms with Crippen molar-refractivity contribution in [2.24, 2.45) is 7.05 Å². The first-order chi connectivity index (χ1) is 12.7. The third-order valence-corrected chi connectivity index (χ3v) is 6.29. The summed E-state index contributed by atoms with van der Waals surface area (Å²) in [6.07, 6.45) is 4.25. The molecular formula is C16H15N7OS2. The van der Waals surface area contributed by atoms with Crippen LogP contribution in [0.2, 0.25) is 0 Å². The lowest BCUT2D eigenvalue weighted by Gasteiger charge is -2.27. The van der Waals surface area contributed by atoms with Gasteiger partial charge in [0.15, 0.2) is 5.65 Å². The van der Waals surface area contributed by atoms with Gasteiger partial charge in [0.05, 0.1) is 16.9 Å². The molecule has 5 heterocycles. The van der Waals surface area contributed by atoms with Crippen LogP contribution in [-0.4, -0.2) is 35.0 Å². The molecule has 1 aliphatic heterocycles. The summed E-state index contributed by atoms with van der Waals surface area (Å²) < 4.78 is 7.09. The average molecular weight is 385 g/mol. The smallest absolute Gasteiger partial charge is 0.285 e. The number of rotatable bonds is 4. The Morgan fingerprint density at radius 3 is 3.04 bits per heavy atom. The molecule has 0 aromatic carbocycles. The average Bonchev–Trinajstić information content (AvgIpc) is 3.39. The first-order valence-electron chi connectivity index (χ1n) is 8.11. The van der Waals surface area contributed by atoms with Gasteiger partial charge in [-0.15, -0.1) is 11.3 Å². The molecule has 132 valence electrons. The molecule has 0 spiro atoms. The minimum atomic E-state index is -0.0267. The largest absolute Gasteiger partial charge is 0.323 e. The highest BCUT2D eigenvalue weighted by Crippen LogP contribution is 2.34. The summed E-state index contributed by atoms with van der Waals surface area (Å²) in [6.45, 7) is 1.13. The Morgan fingerprint density at radius 1 is 1.35 bits per heavy atom. The number of aromatic amines is 1. The van der Waals surface area contributed by atoms with Crippen molar-refractivity contribution in [3.63, 3.8) is 0 Å². The fraction of sp³-hybridized carbons (Fsp3) is 0.250. The molecule has 5 rings (SSSR count). The van der Waals surface area contributed by atoms with Crippen molar-refractivity contribution in [1.29, 1.82) is 0 Å². The molecule has 0 saturated heterocycles. The van der Waals surface area contributed by atoms with Gasteiger partial charge in [0.25, 0.3) is 5.91 Å². The van der Waals surface area contributed by atoms with Crippen LogP contribution in [0.4, 0.5) is 0 Å². The molecule has 0 aliphatic carbocycles. The maximum atomic E-state index is 13.0. The Hall–Kier alpha value is -2.56. The van der Waals surface area contributed by atoms with Gasteiger partial charge in [0.2, 0.25) is 0 Å². The lowest BCUT2D eigenvalue weighted by molar-refractivity contribution is 0.0595. The summed E-state index contributed by atoms with van der Waals surface area (Å²) in [5.74, 6) is -0.0267. The van der Waals surface area contributed by atoms with E-state index in [9.17, 15) is 4.79 Å². The number of carbonyl (C=O) groups is 1. The van der Waals surface area contributed by atoms with E-state index in [1.165, 1.54) is 11.5 Å². The SMILES string of the molecule is Cn1c2c(c3sc(Cc4cc[nH]n4)nc31)CNN(Cc1ccns1)C2=O. The standard InChI is InChI=1S/C16H15N7OS2/c1-22-13-11(7-18-23(16(13)24)8-10-3-5-19-26-10)14-15(22)20-12(25-14)6-9-2-4-17-21-9/h2-5,18H,6-8H2,1H3,(H,17,21). The monoisotopic (exact) mass is 385 g/mol. The van der Waals surface area contributed by atoms with Crippen molar-refractivity contribution in [2.45, 2.75) is 19.5 Å². The van der Waals surface area contributed by atoms with Crippen LogP contribution in [0.5, 0.6) is 0 Å². The zero-order chi connectivity index (χ0) is 17.7. The fourth-order valence-electron chi connectivity index (χ4n) is 3.23. The molecule has 0 bridgehead atoms. The van der Waals surface area contributed by atoms with E-state index < -0.39 is 0 Å². The number of hydrazine groups is 1. The number of nitrogens with one attached hydrogen (secondary N) is 2. The number of thiazole rings is 1. The quantitative estimate of drug-likeness (QED) is 0.561. The number of amides is 1. The number of hydrogen-bond acceptors (Lipinski definition) is 7. The van der Waals surface area contributed by atoms with E-state index in [2.05, 4.69) is 20.0 Å². The number of aryl methyl sites for hydroxylation is 1. The molecule has 1 aliphatic rings. The first-order valence-corrected chi connectivity index (χ1v) is 9.70. The van der Waals surface area contributed by atoms with Crippen LogP contribution in [0.1, 0.15) is 31.6 Å². The molecular weight excluding hydrogens is 370 g/mol. The second-order valence-electron chi connectivity index (χ2n) is 6.09. The van der Waals surface area contributed by atoms with Crippen LogP contribution in [0.3, 0.4) is 0 Å². The van der Waals surface area contributed by atoms with Crippen molar-refractivity contribution in [1.82, 2.24) is 34.6 Å². The third kappa shape index (κ3) is 2.45. The molecule has 1 amide bonds. The highest BCUT2D eigenvalue weighted by atomic mass is 32.1. The van der Waals surface area contributed by atoms with E-state index >= 15 is 0 Å².